The van der Waals surface area contributed by atoms with Gasteiger partial charge in [0.25, 0.3) is 0 Å². The van der Waals surface area contributed by atoms with E-state index in [9.17, 15) is 19.8 Å². The monoisotopic (exact) mass is 316 g/mol. The van der Waals surface area contributed by atoms with Crippen LogP contribution < -0.4 is 0 Å². The molecule has 0 aliphatic heterocycles. The van der Waals surface area contributed by atoms with Crippen LogP contribution in [-0.2, 0) is 4.79 Å². The zero-order valence-corrected chi connectivity index (χ0v) is 12.4. The number of aliphatic carboxylic acids is 1. The number of thiophene rings is 1. The van der Waals surface area contributed by atoms with E-state index < -0.39 is 11.9 Å². The van der Waals surface area contributed by atoms with Gasteiger partial charge in [-0.1, -0.05) is 6.07 Å². The van der Waals surface area contributed by atoms with E-state index in [2.05, 4.69) is 0 Å². The first-order chi connectivity index (χ1) is 10.5. The third-order valence-corrected chi connectivity index (χ3v) is 4.42. The minimum Gasteiger partial charge on any atom is -0.507 e. The number of hydrogen-bond donors (Lipinski definition) is 2. The van der Waals surface area contributed by atoms with Gasteiger partial charge in [0.2, 0.25) is 5.78 Å². The molecule has 1 atom stereocenters. The van der Waals surface area contributed by atoms with E-state index in [1.807, 2.05) is 0 Å². The van der Waals surface area contributed by atoms with Crippen molar-refractivity contribution >= 4 is 34.1 Å². The highest BCUT2D eigenvalue weighted by atomic mass is 32.1. The third kappa shape index (κ3) is 2.17. The second-order valence-corrected chi connectivity index (χ2v) is 5.84. The Labute approximate surface area is 129 Å². The molecule has 6 heteroatoms. The van der Waals surface area contributed by atoms with E-state index in [4.69, 9.17) is 4.42 Å². The van der Waals surface area contributed by atoms with Gasteiger partial charge in [-0.15, -0.1) is 11.3 Å². The molecule has 0 aliphatic rings. The molecular weight excluding hydrogens is 304 g/mol. The zero-order chi connectivity index (χ0) is 15.9. The van der Waals surface area contributed by atoms with Gasteiger partial charge in [0.15, 0.2) is 0 Å². The molecule has 2 heterocycles. The van der Waals surface area contributed by atoms with Crippen molar-refractivity contribution in [2.75, 3.05) is 0 Å². The first kappa shape index (κ1) is 14.3. The molecular formula is C16H12O5S. The second kappa shape index (κ2) is 5.31. The van der Waals surface area contributed by atoms with Crippen molar-refractivity contribution in [3.05, 3.63) is 51.9 Å². The molecule has 5 nitrogen and oxygen atoms in total. The van der Waals surface area contributed by atoms with Crippen LogP contribution in [0.2, 0.25) is 0 Å². The van der Waals surface area contributed by atoms with Crippen molar-refractivity contribution in [3.63, 3.8) is 0 Å². The Kier molecular flexibility index (Phi) is 3.46. The van der Waals surface area contributed by atoms with Crippen LogP contribution in [-0.4, -0.2) is 22.0 Å². The van der Waals surface area contributed by atoms with E-state index in [0.717, 1.165) is 0 Å². The summed E-state index contributed by atoms with van der Waals surface area (Å²) >= 11 is 1.25. The largest absolute Gasteiger partial charge is 0.507 e. The molecule has 0 fully saturated rings. The van der Waals surface area contributed by atoms with Crippen LogP contribution in [0.3, 0.4) is 0 Å². The molecule has 0 bridgehead atoms. The Bertz CT molecular complexity index is 860. The fraction of sp³-hybridized carbons (Fsp3) is 0.125. The molecule has 0 aliphatic carbocycles. The van der Waals surface area contributed by atoms with Crippen molar-refractivity contribution in [2.24, 2.45) is 0 Å². The number of carbonyl (C=O) groups is 2. The molecule has 2 aromatic heterocycles. The van der Waals surface area contributed by atoms with Crippen molar-refractivity contribution < 1.29 is 24.2 Å². The second-order valence-electron chi connectivity index (χ2n) is 4.89. The fourth-order valence-corrected chi connectivity index (χ4v) is 3.00. The van der Waals surface area contributed by atoms with Gasteiger partial charge < -0.3 is 14.6 Å². The first-order valence-corrected chi connectivity index (χ1v) is 7.42. The Morgan fingerprint density at radius 1 is 1.32 bits per heavy atom. The summed E-state index contributed by atoms with van der Waals surface area (Å²) in [7, 11) is 0. The van der Waals surface area contributed by atoms with Crippen LogP contribution in [0.4, 0.5) is 0 Å². The van der Waals surface area contributed by atoms with Gasteiger partial charge in [0.05, 0.1) is 17.1 Å². The van der Waals surface area contributed by atoms with E-state index in [-0.39, 0.29) is 28.2 Å². The van der Waals surface area contributed by atoms with Crippen LogP contribution in [0, 0.1) is 0 Å². The lowest BCUT2D eigenvalue weighted by molar-refractivity contribution is -0.138. The number of carboxylic acid groups (broad SMARTS) is 1. The van der Waals surface area contributed by atoms with E-state index in [0.29, 0.717) is 10.3 Å². The van der Waals surface area contributed by atoms with Gasteiger partial charge in [0.1, 0.15) is 16.9 Å². The van der Waals surface area contributed by atoms with Gasteiger partial charge >= 0.3 is 5.97 Å². The standard InChI is InChI=1S/C16H12O5S/c1-8(16(19)20)10-7-9-4-5-21-15(9)12(13(10)17)14(18)11-3-2-6-22-11/h2-8,17H,1H3,(H,19,20). The van der Waals surface area contributed by atoms with E-state index in [1.165, 1.54) is 30.6 Å². The predicted molar refractivity (Wildman–Crippen MR) is 81.7 cm³/mol. The zero-order valence-electron chi connectivity index (χ0n) is 11.6. The maximum Gasteiger partial charge on any atom is 0.310 e. The summed E-state index contributed by atoms with van der Waals surface area (Å²) in [6, 6.07) is 6.56. The van der Waals surface area contributed by atoms with Gasteiger partial charge in [-0.05, 0) is 30.5 Å². The lowest BCUT2D eigenvalue weighted by Gasteiger charge is -2.12. The average Bonchev–Trinajstić information content (AvgIpc) is 3.16. The van der Waals surface area contributed by atoms with Crippen molar-refractivity contribution in [1.29, 1.82) is 0 Å². The van der Waals surface area contributed by atoms with Crippen LogP contribution in [0.5, 0.6) is 5.75 Å². The summed E-state index contributed by atoms with van der Waals surface area (Å²) in [5.74, 6) is -2.73. The quantitative estimate of drug-likeness (QED) is 0.718. The predicted octanol–water partition coefficient (Wildman–Crippen LogP) is 3.62. The Morgan fingerprint density at radius 3 is 2.73 bits per heavy atom. The van der Waals surface area contributed by atoms with Crippen molar-refractivity contribution in [3.8, 4) is 5.75 Å². The maximum absolute atomic E-state index is 12.6. The highest BCUT2D eigenvalue weighted by molar-refractivity contribution is 7.12. The molecule has 0 radical (unpaired) electrons. The molecule has 22 heavy (non-hydrogen) atoms. The smallest absolute Gasteiger partial charge is 0.310 e. The van der Waals surface area contributed by atoms with Crippen LogP contribution in [0.25, 0.3) is 11.0 Å². The third-order valence-electron chi connectivity index (χ3n) is 3.55. The topological polar surface area (TPSA) is 87.7 Å². The first-order valence-electron chi connectivity index (χ1n) is 6.54. The van der Waals surface area contributed by atoms with Gasteiger partial charge in [-0.25, -0.2) is 0 Å². The number of furan rings is 1. The molecule has 0 amide bonds. The summed E-state index contributed by atoms with van der Waals surface area (Å²) < 4.78 is 5.32. The van der Waals surface area contributed by atoms with Crippen LogP contribution >= 0.6 is 11.3 Å². The highest BCUT2D eigenvalue weighted by Gasteiger charge is 2.27. The SMILES string of the molecule is CC(C(=O)O)c1cc2ccoc2c(C(=O)c2cccs2)c1O. The molecule has 0 spiro atoms. The minimum absolute atomic E-state index is 0.00745. The number of phenolic OH excluding ortho intramolecular Hbond substituents is 1. The van der Waals surface area contributed by atoms with E-state index >= 15 is 0 Å². The van der Waals surface area contributed by atoms with Gasteiger partial charge in [-0.2, -0.15) is 0 Å². The minimum atomic E-state index is -1.08. The summed E-state index contributed by atoms with van der Waals surface area (Å²) in [5.41, 5.74) is 0.464. The number of aromatic hydroxyl groups is 1. The number of ketones is 1. The molecule has 3 rings (SSSR count). The highest BCUT2D eigenvalue weighted by Crippen LogP contribution is 2.37. The number of benzene rings is 1. The molecule has 112 valence electrons. The number of fused-ring (bicyclic) bond motifs is 1. The maximum atomic E-state index is 12.6. The van der Waals surface area contributed by atoms with Crippen LogP contribution in [0.15, 0.2) is 40.3 Å². The summed E-state index contributed by atoms with van der Waals surface area (Å²) in [6.07, 6.45) is 1.41. The molecule has 2 N–H and O–H groups in total. The molecule has 1 unspecified atom stereocenters. The number of carbonyl (C=O) groups excluding carboxylic acids is 1. The summed E-state index contributed by atoms with van der Waals surface area (Å²) in [5, 5.41) is 22.0. The lowest BCUT2D eigenvalue weighted by atomic mass is 9.93. The molecule has 3 aromatic rings. The van der Waals surface area contributed by atoms with E-state index in [1.54, 1.807) is 23.6 Å². The number of carboxylic acids is 1. The van der Waals surface area contributed by atoms with Crippen molar-refractivity contribution in [1.82, 2.24) is 0 Å². The molecule has 0 saturated heterocycles. The number of rotatable bonds is 4. The molecule has 1 aromatic carbocycles. The van der Waals surface area contributed by atoms with Crippen molar-refractivity contribution in [2.45, 2.75) is 12.8 Å². The number of hydrogen-bond acceptors (Lipinski definition) is 5. The lowest BCUT2D eigenvalue weighted by Crippen LogP contribution is -2.10. The summed E-state index contributed by atoms with van der Waals surface area (Å²) in [6.45, 7) is 1.46. The van der Waals surface area contributed by atoms with Crippen LogP contribution in [0.1, 0.15) is 33.6 Å². The Hall–Kier alpha value is -2.60. The Morgan fingerprint density at radius 2 is 2.09 bits per heavy atom. The Balaban J connectivity index is 2.28. The van der Waals surface area contributed by atoms with Gasteiger partial charge in [-0.3, -0.25) is 9.59 Å². The van der Waals surface area contributed by atoms with Gasteiger partial charge in [0, 0.05) is 10.9 Å². The molecule has 0 saturated carbocycles. The average molecular weight is 316 g/mol. The normalized spacial score (nSPS) is 12.4. The summed E-state index contributed by atoms with van der Waals surface area (Å²) in [4.78, 5) is 24.3. The number of phenols is 1. The fourth-order valence-electron chi connectivity index (χ4n) is 2.33.